The summed E-state index contributed by atoms with van der Waals surface area (Å²) < 4.78 is 12.8. The molecule has 0 amide bonds. The van der Waals surface area contributed by atoms with Gasteiger partial charge in [0, 0.05) is 43.4 Å². The number of hydrogen-bond acceptors (Lipinski definition) is 8. The van der Waals surface area contributed by atoms with Crippen molar-refractivity contribution in [1.82, 2.24) is 14.5 Å². The Morgan fingerprint density at radius 2 is 2.10 bits per heavy atom. The Morgan fingerprint density at radius 1 is 1.33 bits per heavy atom. The van der Waals surface area contributed by atoms with Crippen LogP contribution in [0, 0.1) is 12.3 Å². The van der Waals surface area contributed by atoms with Crippen LogP contribution in [0.2, 0.25) is 0 Å². The standard InChI is InChI=1S/C21H29N5O3S/c1-4-29-18-14(2)15(5-9-23-18)30-16-17(22)24-20(25(3)19(16)27)26-10-6-21(7-11-26)8-12-28-13-21/h5,9H,4,6-8,10-13,22H2,1-3H3. The van der Waals surface area contributed by atoms with Gasteiger partial charge in [0.25, 0.3) is 5.56 Å². The van der Waals surface area contributed by atoms with Gasteiger partial charge in [-0.05, 0) is 44.6 Å². The van der Waals surface area contributed by atoms with Gasteiger partial charge < -0.3 is 20.1 Å². The average Bonchev–Trinajstić information content (AvgIpc) is 3.19. The molecular formula is C21H29N5O3S. The molecule has 9 heteroatoms. The topological polar surface area (TPSA) is 95.5 Å². The van der Waals surface area contributed by atoms with E-state index in [1.807, 2.05) is 19.9 Å². The van der Waals surface area contributed by atoms with E-state index in [-0.39, 0.29) is 11.4 Å². The van der Waals surface area contributed by atoms with Gasteiger partial charge in [0.2, 0.25) is 11.8 Å². The first-order valence-electron chi connectivity index (χ1n) is 10.4. The van der Waals surface area contributed by atoms with Crippen LogP contribution < -0.4 is 20.9 Å². The quantitative estimate of drug-likeness (QED) is 0.772. The highest BCUT2D eigenvalue weighted by molar-refractivity contribution is 7.99. The molecule has 2 saturated heterocycles. The van der Waals surface area contributed by atoms with E-state index in [2.05, 4.69) is 14.9 Å². The Kier molecular flexibility index (Phi) is 5.92. The molecule has 8 nitrogen and oxygen atoms in total. The Balaban J connectivity index is 1.58. The third kappa shape index (κ3) is 3.88. The largest absolute Gasteiger partial charge is 0.478 e. The third-order valence-corrected chi connectivity index (χ3v) is 7.40. The van der Waals surface area contributed by atoms with Crippen molar-refractivity contribution in [2.75, 3.05) is 43.5 Å². The second-order valence-electron chi connectivity index (χ2n) is 8.05. The molecule has 0 atom stereocenters. The van der Waals surface area contributed by atoms with Gasteiger partial charge in [-0.15, -0.1) is 0 Å². The van der Waals surface area contributed by atoms with Gasteiger partial charge in [0.05, 0.1) is 13.2 Å². The Bertz CT molecular complexity index is 977. The SMILES string of the molecule is CCOc1nccc(Sc2c(N)nc(N3CCC4(CCOC4)CC3)n(C)c2=O)c1C. The molecule has 0 unspecified atom stereocenters. The molecule has 2 aromatic heterocycles. The molecule has 2 aliphatic rings. The highest BCUT2D eigenvalue weighted by atomic mass is 32.2. The lowest BCUT2D eigenvalue weighted by Crippen LogP contribution is -2.43. The van der Waals surface area contributed by atoms with Gasteiger partial charge in [-0.3, -0.25) is 9.36 Å². The number of piperidine rings is 1. The predicted octanol–water partition coefficient (Wildman–Crippen LogP) is 2.62. The molecular weight excluding hydrogens is 402 g/mol. The Hall–Kier alpha value is -2.26. The molecule has 4 rings (SSSR count). The molecule has 2 N–H and O–H groups in total. The Morgan fingerprint density at radius 3 is 2.77 bits per heavy atom. The second-order valence-corrected chi connectivity index (χ2v) is 9.11. The number of hydrogen-bond donors (Lipinski definition) is 1. The summed E-state index contributed by atoms with van der Waals surface area (Å²) in [4.78, 5) is 25.5. The summed E-state index contributed by atoms with van der Waals surface area (Å²) in [7, 11) is 1.77. The van der Waals surface area contributed by atoms with Crippen LogP contribution in [0.3, 0.4) is 0 Å². The van der Waals surface area contributed by atoms with E-state index in [0.29, 0.717) is 28.7 Å². The van der Waals surface area contributed by atoms with E-state index in [1.54, 1.807) is 17.8 Å². The molecule has 0 saturated carbocycles. The maximum absolute atomic E-state index is 13.2. The van der Waals surface area contributed by atoms with Gasteiger partial charge >= 0.3 is 0 Å². The van der Waals surface area contributed by atoms with E-state index in [4.69, 9.17) is 15.2 Å². The fourth-order valence-corrected chi connectivity index (χ4v) is 5.16. The van der Waals surface area contributed by atoms with Crippen LogP contribution in [0.15, 0.2) is 26.8 Å². The number of rotatable bonds is 5. The highest BCUT2D eigenvalue weighted by Crippen LogP contribution is 2.40. The number of aromatic nitrogens is 3. The molecule has 0 radical (unpaired) electrons. The summed E-state index contributed by atoms with van der Waals surface area (Å²) in [6.07, 6.45) is 4.91. The maximum Gasteiger partial charge on any atom is 0.270 e. The molecule has 0 aliphatic carbocycles. The minimum absolute atomic E-state index is 0.138. The summed E-state index contributed by atoms with van der Waals surface area (Å²) >= 11 is 1.32. The van der Waals surface area contributed by atoms with Gasteiger partial charge in [0.15, 0.2) is 0 Å². The lowest BCUT2D eigenvalue weighted by Gasteiger charge is -2.39. The first kappa shape index (κ1) is 21.0. The molecule has 4 heterocycles. The van der Waals surface area contributed by atoms with E-state index >= 15 is 0 Å². The highest BCUT2D eigenvalue weighted by Gasteiger charge is 2.38. The van der Waals surface area contributed by atoms with Gasteiger partial charge in [-0.25, -0.2) is 4.98 Å². The summed E-state index contributed by atoms with van der Waals surface area (Å²) in [5.74, 6) is 1.47. The summed E-state index contributed by atoms with van der Waals surface area (Å²) in [6.45, 7) is 7.80. The average molecular weight is 432 g/mol. The first-order chi connectivity index (χ1) is 14.4. The zero-order valence-electron chi connectivity index (χ0n) is 17.8. The lowest BCUT2D eigenvalue weighted by molar-refractivity contribution is 0.133. The van der Waals surface area contributed by atoms with Crippen molar-refractivity contribution in [3.63, 3.8) is 0 Å². The molecule has 2 aliphatic heterocycles. The molecule has 0 bridgehead atoms. The maximum atomic E-state index is 13.2. The normalized spacial score (nSPS) is 18.2. The van der Waals surface area contributed by atoms with Gasteiger partial charge in [-0.2, -0.15) is 4.98 Å². The number of pyridine rings is 1. The van der Waals surface area contributed by atoms with Crippen molar-refractivity contribution in [3.8, 4) is 5.88 Å². The smallest absolute Gasteiger partial charge is 0.270 e. The second kappa shape index (κ2) is 8.47. The predicted molar refractivity (Wildman–Crippen MR) is 117 cm³/mol. The van der Waals surface area contributed by atoms with Crippen molar-refractivity contribution < 1.29 is 9.47 Å². The third-order valence-electron chi connectivity index (χ3n) is 6.15. The van der Waals surface area contributed by atoms with E-state index in [0.717, 1.165) is 56.0 Å². The van der Waals surface area contributed by atoms with Crippen LogP contribution in [0.4, 0.5) is 11.8 Å². The molecule has 2 aromatic rings. The van der Waals surface area contributed by atoms with Crippen LogP contribution in [0.5, 0.6) is 5.88 Å². The monoisotopic (exact) mass is 431 g/mol. The van der Waals surface area contributed by atoms with E-state index < -0.39 is 0 Å². The van der Waals surface area contributed by atoms with E-state index in [1.165, 1.54) is 11.8 Å². The molecule has 30 heavy (non-hydrogen) atoms. The van der Waals surface area contributed by atoms with Crippen molar-refractivity contribution in [2.24, 2.45) is 12.5 Å². The number of anilines is 2. The first-order valence-corrected chi connectivity index (χ1v) is 11.2. The summed E-state index contributed by atoms with van der Waals surface area (Å²) in [5.41, 5.74) is 7.32. The van der Waals surface area contributed by atoms with Crippen LogP contribution in [0.25, 0.3) is 0 Å². The number of nitrogen functional groups attached to an aromatic ring is 1. The zero-order valence-corrected chi connectivity index (χ0v) is 18.6. The van der Waals surface area contributed by atoms with Crippen LogP contribution in [-0.2, 0) is 11.8 Å². The fraction of sp³-hybridized carbons (Fsp3) is 0.571. The summed E-state index contributed by atoms with van der Waals surface area (Å²) in [6, 6.07) is 1.86. The van der Waals surface area contributed by atoms with Crippen LogP contribution in [-0.4, -0.2) is 47.4 Å². The fourth-order valence-electron chi connectivity index (χ4n) is 4.19. The Labute approximate surface area is 180 Å². The number of nitrogens with two attached hydrogens (primary N) is 1. The van der Waals surface area contributed by atoms with Gasteiger partial charge in [0.1, 0.15) is 10.7 Å². The minimum Gasteiger partial charge on any atom is -0.478 e. The van der Waals surface area contributed by atoms with E-state index in [9.17, 15) is 4.79 Å². The number of nitrogens with zero attached hydrogens (tertiary/aromatic N) is 4. The van der Waals surface area contributed by atoms with Crippen molar-refractivity contribution >= 4 is 23.5 Å². The van der Waals surface area contributed by atoms with Crippen molar-refractivity contribution in [3.05, 3.63) is 28.2 Å². The van der Waals surface area contributed by atoms with Crippen molar-refractivity contribution in [1.29, 1.82) is 0 Å². The number of ether oxygens (including phenoxy) is 2. The van der Waals surface area contributed by atoms with Crippen LogP contribution in [0.1, 0.15) is 31.7 Å². The lowest BCUT2D eigenvalue weighted by atomic mass is 9.78. The zero-order chi connectivity index (χ0) is 21.3. The van der Waals surface area contributed by atoms with Gasteiger partial charge in [-0.1, -0.05) is 11.8 Å². The molecule has 1 spiro atoms. The van der Waals surface area contributed by atoms with Crippen molar-refractivity contribution in [2.45, 2.75) is 42.9 Å². The molecule has 162 valence electrons. The molecule has 2 fully saturated rings. The minimum atomic E-state index is -0.138. The summed E-state index contributed by atoms with van der Waals surface area (Å²) in [5, 5.41) is 0. The molecule has 0 aromatic carbocycles. The van der Waals surface area contributed by atoms with Crippen LogP contribution >= 0.6 is 11.8 Å².